The molecule has 5 heterocycles. The van der Waals surface area contributed by atoms with E-state index in [4.69, 9.17) is 9.72 Å². The largest absolute Gasteiger partial charge is 0.480 e. The molecule has 0 saturated heterocycles. The van der Waals surface area contributed by atoms with Crippen LogP contribution >= 0.6 is 11.3 Å². The zero-order valence-corrected chi connectivity index (χ0v) is 20.4. The van der Waals surface area contributed by atoms with Gasteiger partial charge in [0, 0.05) is 24.2 Å². The van der Waals surface area contributed by atoms with Gasteiger partial charge in [0.25, 0.3) is 5.91 Å². The number of nitrogens with zero attached hydrogens (tertiary/aromatic N) is 7. The lowest BCUT2D eigenvalue weighted by Crippen LogP contribution is -2.15. The monoisotopic (exact) mass is 488 g/mol. The molecular formula is C24H24N8O2S. The number of imidazole rings is 1. The number of ether oxygens (including phenoxy) is 1. The molecule has 10 nitrogen and oxygen atoms in total. The van der Waals surface area contributed by atoms with Crippen molar-refractivity contribution in [3.05, 3.63) is 76.3 Å². The number of fused-ring (bicyclic) bond motifs is 1. The molecule has 35 heavy (non-hydrogen) atoms. The van der Waals surface area contributed by atoms with Crippen LogP contribution in [0, 0.1) is 0 Å². The van der Waals surface area contributed by atoms with Gasteiger partial charge in [-0.05, 0) is 43.5 Å². The van der Waals surface area contributed by atoms with Crippen molar-refractivity contribution in [2.75, 3.05) is 12.4 Å². The van der Waals surface area contributed by atoms with Crippen molar-refractivity contribution >= 4 is 34.4 Å². The number of aryl methyl sites for hydroxylation is 2. The van der Waals surface area contributed by atoms with Gasteiger partial charge in [0.2, 0.25) is 11.8 Å². The highest BCUT2D eigenvalue weighted by molar-refractivity contribution is 7.10. The molecular weight excluding hydrogens is 464 g/mol. The van der Waals surface area contributed by atoms with Crippen LogP contribution in [0.3, 0.4) is 0 Å². The maximum absolute atomic E-state index is 13.1. The predicted molar refractivity (Wildman–Crippen MR) is 133 cm³/mol. The maximum Gasteiger partial charge on any atom is 0.263 e. The number of aromatic nitrogens is 7. The lowest BCUT2D eigenvalue weighted by Gasteiger charge is -2.16. The second-order valence-corrected chi connectivity index (χ2v) is 8.66. The quantitative estimate of drug-likeness (QED) is 0.352. The van der Waals surface area contributed by atoms with Crippen molar-refractivity contribution in [3.63, 3.8) is 0 Å². The Kier molecular flexibility index (Phi) is 6.23. The van der Waals surface area contributed by atoms with Gasteiger partial charge in [-0.2, -0.15) is 4.98 Å². The Bertz CT molecular complexity index is 1460. The number of nitrogens with one attached hydrogen (secondary N) is 1. The van der Waals surface area contributed by atoms with Crippen LogP contribution in [0.15, 0.2) is 54.3 Å². The van der Waals surface area contributed by atoms with Crippen molar-refractivity contribution in [3.8, 4) is 5.88 Å². The van der Waals surface area contributed by atoms with Crippen LogP contribution in [0.4, 0.5) is 5.95 Å². The zero-order valence-electron chi connectivity index (χ0n) is 19.5. The molecule has 1 N–H and O–H groups in total. The first-order valence-corrected chi connectivity index (χ1v) is 12.1. The summed E-state index contributed by atoms with van der Waals surface area (Å²) in [4.78, 5) is 32.5. The summed E-state index contributed by atoms with van der Waals surface area (Å²) >= 11 is 1.65. The summed E-state index contributed by atoms with van der Waals surface area (Å²) in [6, 6.07) is 11.7. The summed E-state index contributed by atoms with van der Waals surface area (Å²) < 4.78 is 9.17. The Labute approximate surface area is 205 Å². The highest BCUT2D eigenvalue weighted by Gasteiger charge is 2.27. The number of rotatable bonds is 8. The number of methoxy groups -OCH3 is 1. The smallest absolute Gasteiger partial charge is 0.263 e. The van der Waals surface area contributed by atoms with E-state index in [1.54, 1.807) is 34.6 Å². The molecule has 1 unspecified atom stereocenters. The fourth-order valence-corrected chi connectivity index (χ4v) is 4.84. The van der Waals surface area contributed by atoms with Gasteiger partial charge in [-0.3, -0.25) is 19.8 Å². The summed E-state index contributed by atoms with van der Waals surface area (Å²) in [6.45, 7) is 5.27. The Morgan fingerprint density at radius 1 is 1.14 bits per heavy atom. The minimum Gasteiger partial charge on any atom is -0.480 e. The van der Waals surface area contributed by atoms with Gasteiger partial charge in [-0.25, -0.2) is 9.97 Å². The van der Waals surface area contributed by atoms with E-state index in [1.165, 1.54) is 7.11 Å². The number of pyridine rings is 2. The van der Waals surface area contributed by atoms with E-state index in [0.29, 0.717) is 18.7 Å². The third kappa shape index (κ3) is 4.26. The number of hydrogen-bond acceptors (Lipinski definition) is 8. The van der Waals surface area contributed by atoms with Crippen LogP contribution in [0.2, 0.25) is 0 Å². The van der Waals surface area contributed by atoms with Gasteiger partial charge in [0.1, 0.15) is 17.7 Å². The van der Waals surface area contributed by atoms with Crippen LogP contribution < -0.4 is 10.1 Å². The van der Waals surface area contributed by atoms with E-state index in [1.807, 2.05) is 43.5 Å². The number of anilines is 1. The van der Waals surface area contributed by atoms with Gasteiger partial charge in [-0.1, -0.05) is 12.1 Å². The lowest BCUT2D eigenvalue weighted by molar-refractivity contribution is 0.102. The molecule has 1 atom stereocenters. The Balaban J connectivity index is 1.62. The first kappa shape index (κ1) is 22.7. The van der Waals surface area contributed by atoms with Gasteiger partial charge in [-0.15, -0.1) is 16.4 Å². The molecule has 0 radical (unpaired) electrons. The molecule has 0 bridgehead atoms. The van der Waals surface area contributed by atoms with Crippen molar-refractivity contribution in [2.45, 2.75) is 32.9 Å². The fourth-order valence-electron chi connectivity index (χ4n) is 4.00. The first-order valence-electron chi connectivity index (χ1n) is 11.2. The minimum atomic E-state index is -0.407. The number of carbonyl (C=O) groups is 1. The summed E-state index contributed by atoms with van der Waals surface area (Å²) in [7, 11) is 1.48. The number of amides is 1. The van der Waals surface area contributed by atoms with E-state index in [2.05, 4.69) is 36.0 Å². The topological polar surface area (TPSA) is 113 Å². The minimum absolute atomic E-state index is 0.171. The first-order chi connectivity index (χ1) is 17.1. The van der Waals surface area contributed by atoms with E-state index < -0.39 is 5.91 Å². The Hall–Kier alpha value is -4.12. The van der Waals surface area contributed by atoms with Crippen molar-refractivity contribution < 1.29 is 9.53 Å². The number of carbonyl (C=O) groups excluding carboxylic acids is 1. The highest BCUT2D eigenvalue weighted by Crippen LogP contribution is 2.35. The second kappa shape index (κ2) is 9.63. The van der Waals surface area contributed by atoms with Crippen LogP contribution in [-0.4, -0.2) is 47.3 Å². The van der Waals surface area contributed by atoms with Gasteiger partial charge in [0.15, 0.2) is 5.65 Å². The van der Waals surface area contributed by atoms with Crippen LogP contribution in [-0.2, 0) is 13.1 Å². The van der Waals surface area contributed by atoms with Crippen molar-refractivity contribution in [1.29, 1.82) is 0 Å². The maximum atomic E-state index is 13.1. The average Bonchev–Trinajstić information content (AvgIpc) is 3.64. The van der Waals surface area contributed by atoms with E-state index in [-0.39, 0.29) is 23.3 Å². The lowest BCUT2D eigenvalue weighted by atomic mass is 10.0. The van der Waals surface area contributed by atoms with Crippen molar-refractivity contribution in [1.82, 2.24) is 34.3 Å². The Morgan fingerprint density at radius 2 is 2.03 bits per heavy atom. The molecule has 0 aliphatic carbocycles. The zero-order chi connectivity index (χ0) is 24.4. The molecule has 5 rings (SSSR count). The SMILES string of the molecule is CCn1cnc(NC(=O)c2cc3c(nc2OC)nc(C(c2ccccn2)c2cccs2)n3CC)n1. The molecule has 178 valence electrons. The molecule has 5 aromatic heterocycles. The number of hydrogen-bond donors (Lipinski definition) is 1. The van der Waals surface area contributed by atoms with Crippen LogP contribution in [0.1, 0.15) is 46.5 Å². The normalized spacial score (nSPS) is 12.1. The molecule has 0 saturated carbocycles. The summed E-state index contributed by atoms with van der Waals surface area (Å²) in [5.41, 5.74) is 2.40. The molecule has 11 heteroatoms. The summed E-state index contributed by atoms with van der Waals surface area (Å²) in [5, 5.41) is 9.00. The Morgan fingerprint density at radius 3 is 2.69 bits per heavy atom. The predicted octanol–water partition coefficient (Wildman–Crippen LogP) is 3.96. The van der Waals surface area contributed by atoms with E-state index in [0.717, 1.165) is 21.9 Å². The average molecular weight is 489 g/mol. The number of thiophene rings is 1. The van der Waals surface area contributed by atoms with Crippen LogP contribution in [0.25, 0.3) is 11.2 Å². The second-order valence-electron chi connectivity index (χ2n) is 7.68. The molecule has 0 aliphatic heterocycles. The van der Waals surface area contributed by atoms with E-state index in [9.17, 15) is 4.79 Å². The molecule has 0 spiro atoms. The van der Waals surface area contributed by atoms with Crippen LogP contribution in [0.5, 0.6) is 5.88 Å². The standard InChI is InChI=1S/C24H24N8O2S/c1-4-31-14-26-24(30-31)29-22(33)15-13-17-20(28-23(15)34-3)27-21(32(17)5-2)19(18-10-8-12-35-18)16-9-6-7-11-25-16/h6-14,19H,4-5H2,1-3H3,(H,29,30,33). The molecule has 0 aromatic carbocycles. The fraction of sp³-hybridized carbons (Fsp3) is 0.250. The molecule has 5 aromatic rings. The summed E-state index contributed by atoms with van der Waals surface area (Å²) in [5.74, 6) is 0.629. The third-order valence-electron chi connectivity index (χ3n) is 5.65. The van der Waals surface area contributed by atoms with E-state index >= 15 is 0 Å². The van der Waals surface area contributed by atoms with Gasteiger partial charge < -0.3 is 9.30 Å². The molecule has 0 aliphatic rings. The van der Waals surface area contributed by atoms with Gasteiger partial charge in [0.05, 0.1) is 24.2 Å². The molecule has 0 fully saturated rings. The third-order valence-corrected chi connectivity index (χ3v) is 6.58. The van der Waals surface area contributed by atoms with Crippen molar-refractivity contribution in [2.24, 2.45) is 0 Å². The van der Waals surface area contributed by atoms with Gasteiger partial charge >= 0.3 is 0 Å². The highest BCUT2D eigenvalue weighted by atomic mass is 32.1. The summed E-state index contributed by atoms with van der Waals surface area (Å²) in [6.07, 6.45) is 3.35. The molecule has 1 amide bonds.